The fourth-order valence-corrected chi connectivity index (χ4v) is 2.00. The maximum atomic E-state index is 12.0. The smallest absolute Gasteiger partial charge is 0.345 e. The molecule has 0 spiro atoms. The molecule has 1 unspecified atom stereocenters. The molecule has 0 bridgehead atoms. The van der Waals surface area contributed by atoms with Crippen molar-refractivity contribution in [3.05, 3.63) is 30.0 Å². The molecule has 0 aliphatic carbocycles. The molecule has 0 N–H and O–H groups in total. The SMILES string of the molecule is CCOC(=O)c1cnn2c1OC(C)/N=C(Cl)/C=C\C=C\2C. The number of hydrogen-bond donors (Lipinski definition) is 0. The minimum atomic E-state index is -0.559. The Morgan fingerprint density at radius 2 is 2.33 bits per heavy atom. The Balaban J connectivity index is 2.49. The lowest BCUT2D eigenvalue weighted by molar-refractivity contribution is 0.0519. The molecule has 0 aromatic carbocycles. The van der Waals surface area contributed by atoms with E-state index in [0.29, 0.717) is 11.1 Å². The van der Waals surface area contributed by atoms with Crippen LogP contribution in [0.2, 0.25) is 0 Å². The molecular formula is C14H16ClN3O3. The number of aliphatic imine (C=N–C) groups is 1. The van der Waals surface area contributed by atoms with Gasteiger partial charge in [-0.1, -0.05) is 17.7 Å². The van der Waals surface area contributed by atoms with Gasteiger partial charge in [0, 0.05) is 5.70 Å². The maximum Gasteiger partial charge on any atom is 0.345 e. The topological polar surface area (TPSA) is 65.7 Å². The van der Waals surface area contributed by atoms with Crippen LogP contribution < -0.4 is 4.74 Å². The molecule has 0 fully saturated rings. The number of hydrogen-bond acceptors (Lipinski definition) is 5. The molecule has 112 valence electrons. The Labute approximate surface area is 127 Å². The first-order valence-corrected chi connectivity index (χ1v) is 6.91. The number of carbonyl (C=O) groups is 1. The van der Waals surface area contributed by atoms with E-state index in [4.69, 9.17) is 21.1 Å². The second-order valence-corrected chi connectivity index (χ2v) is 4.72. The monoisotopic (exact) mass is 309 g/mol. The molecule has 1 aliphatic rings. The minimum absolute atomic E-state index is 0.257. The summed E-state index contributed by atoms with van der Waals surface area (Å²) in [6, 6.07) is 0. The normalized spacial score (nSPS) is 24.7. The summed E-state index contributed by atoms with van der Waals surface area (Å²) in [5, 5.41) is 4.49. The molecule has 7 heteroatoms. The standard InChI is InChI=1S/C14H16ClN3O3/c1-4-20-14(19)11-8-16-18-9(2)6-5-7-12(15)17-10(3)21-13(11)18/h5-8,10H,4H2,1-3H3/b7-5-,9-6+,17-12-. The average Bonchev–Trinajstić information content (AvgIpc) is 2.81. The van der Waals surface area contributed by atoms with E-state index in [1.54, 1.807) is 32.1 Å². The van der Waals surface area contributed by atoms with Crippen molar-refractivity contribution < 1.29 is 14.3 Å². The Morgan fingerprint density at radius 1 is 1.57 bits per heavy atom. The van der Waals surface area contributed by atoms with Crippen molar-refractivity contribution >= 4 is 28.4 Å². The van der Waals surface area contributed by atoms with Gasteiger partial charge in [-0.2, -0.15) is 5.10 Å². The van der Waals surface area contributed by atoms with Crippen LogP contribution in [0.25, 0.3) is 5.70 Å². The maximum absolute atomic E-state index is 12.0. The largest absolute Gasteiger partial charge is 0.462 e. The van der Waals surface area contributed by atoms with Gasteiger partial charge in [0.05, 0.1) is 12.8 Å². The predicted octanol–water partition coefficient (Wildman–Crippen LogP) is 2.85. The Kier molecular flexibility index (Phi) is 4.80. The zero-order valence-corrected chi connectivity index (χ0v) is 12.8. The van der Waals surface area contributed by atoms with Crippen molar-refractivity contribution in [2.45, 2.75) is 27.0 Å². The molecule has 0 amide bonds. The van der Waals surface area contributed by atoms with Gasteiger partial charge in [0.15, 0.2) is 6.23 Å². The highest BCUT2D eigenvalue weighted by molar-refractivity contribution is 6.68. The average molecular weight is 310 g/mol. The van der Waals surface area contributed by atoms with Gasteiger partial charge in [0.25, 0.3) is 0 Å². The van der Waals surface area contributed by atoms with E-state index >= 15 is 0 Å². The number of nitrogens with zero attached hydrogens (tertiary/aromatic N) is 3. The van der Waals surface area contributed by atoms with Gasteiger partial charge < -0.3 is 9.47 Å². The van der Waals surface area contributed by atoms with E-state index in [1.807, 2.05) is 6.92 Å². The fourth-order valence-electron chi connectivity index (χ4n) is 1.79. The second-order valence-electron chi connectivity index (χ2n) is 4.33. The summed E-state index contributed by atoms with van der Waals surface area (Å²) in [6.45, 7) is 5.59. The second kappa shape index (κ2) is 6.58. The van der Waals surface area contributed by atoms with Crippen LogP contribution in [0.3, 0.4) is 0 Å². The van der Waals surface area contributed by atoms with Crippen molar-refractivity contribution in [3.8, 4) is 5.88 Å². The number of carbonyl (C=O) groups excluding carboxylic acids is 1. The van der Waals surface area contributed by atoms with Crippen LogP contribution in [0.5, 0.6) is 5.88 Å². The number of esters is 1. The highest BCUT2D eigenvalue weighted by atomic mass is 35.5. The van der Waals surface area contributed by atoms with Crippen molar-refractivity contribution in [1.82, 2.24) is 9.78 Å². The van der Waals surface area contributed by atoms with Crippen molar-refractivity contribution in [2.75, 3.05) is 6.61 Å². The summed E-state index contributed by atoms with van der Waals surface area (Å²) in [5.41, 5.74) is 1.03. The molecule has 0 radical (unpaired) electrons. The first kappa shape index (κ1) is 15.3. The van der Waals surface area contributed by atoms with Crippen LogP contribution in [0, 0.1) is 0 Å². The molecule has 1 aliphatic heterocycles. The predicted molar refractivity (Wildman–Crippen MR) is 80.6 cm³/mol. The molecule has 6 nitrogen and oxygen atoms in total. The van der Waals surface area contributed by atoms with E-state index in [9.17, 15) is 4.79 Å². The van der Waals surface area contributed by atoms with Crippen LogP contribution >= 0.6 is 11.6 Å². The number of rotatable bonds is 2. The van der Waals surface area contributed by atoms with Gasteiger partial charge in [-0.15, -0.1) is 0 Å². The third-order valence-corrected chi connectivity index (χ3v) is 2.94. The quantitative estimate of drug-likeness (QED) is 0.788. The summed E-state index contributed by atoms with van der Waals surface area (Å²) in [7, 11) is 0. The van der Waals surface area contributed by atoms with E-state index in [-0.39, 0.29) is 12.2 Å². The van der Waals surface area contributed by atoms with Crippen molar-refractivity contribution in [2.24, 2.45) is 4.99 Å². The molecule has 0 saturated heterocycles. The number of aromatic nitrogens is 2. The lowest BCUT2D eigenvalue weighted by atomic mass is 10.3. The van der Waals surface area contributed by atoms with Crippen LogP contribution in [-0.4, -0.2) is 33.8 Å². The zero-order chi connectivity index (χ0) is 15.4. The highest BCUT2D eigenvalue weighted by Gasteiger charge is 2.22. The van der Waals surface area contributed by atoms with E-state index in [0.717, 1.165) is 5.70 Å². The molecule has 0 saturated carbocycles. The summed E-state index contributed by atoms with van der Waals surface area (Å²) in [5.74, 6) is -0.195. The first-order chi connectivity index (χ1) is 10.0. The first-order valence-electron chi connectivity index (χ1n) is 6.53. The Morgan fingerprint density at radius 3 is 3.05 bits per heavy atom. The summed E-state index contributed by atoms with van der Waals surface area (Å²) >= 11 is 5.95. The highest BCUT2D eigenvalue weighted by Crippen LogP contribution is 2.25. The van der Waals surface area contributed by atoms with Crippen LogP contribution in [0.4, 0.5) is 0 Å². The van der Waals surface area contributed by atoms with Gasteiger partial charge >= 0.3 is 5.97 Å². The molecule has 1 aromatic heterocycles. The van der Waals surface area contributed by atoms with Gasteiger partial charge in [-0.05, 0) is 32.9 Å². The summed E-state index contributed by atoms with van der Waals surface area (Å²) < 4.78 is 12.2. The van der Waals surface area contributed by atoms with E-state index in [1.165, 1.54) is 10.9 Å². The lowest BCUT2D eigenvalue weighted by Gasteiger charge is -2.15. The zero-order valence-electron chi connectivity index (χ0n) is 12.0. The molecule has 2 rings (SSSR count). The van der Waals surface area contributed by atoms with Crippen LogP contribution in [0.1, 0.15) is 31.1 Å². The summed E-state index contributed by atoms with van der Waals surface area (Å²) in [6.07, 6.45) is 6.07. The minimum Gasteiger partial charge on any atom is -0.462 e. The lowest BCUT2D eigenvalue weighted by Crippen LogP contribution is -2.16. The number of allylic oxidation sites excluding steroid dienone is 4. The van der Waals surface area contributed by atoms with E-state index < -0.39 is 12.2 Å². The number of ether oxygens (including phenoxy) is 2. The third-order valence-electron chi connectivity index (χ3n) is 2.71. The van der Waals surface area contributed by atoms with Gasteiger partial charge in [0.2, 0.25) is 5.88 Å². The number of fused-ring (bicyclic) bond motifs is 1. The molecule has 1 atom stereocenters. The van der Waals surface area contributed by atoms with Gasteiger partial charge in [-0.3, -0.25) is 0 Å². The van der Waals surface area contributed by atoms with Gasteiger partial charge in [0.1, 0.15) is 10.7 Å². The van der Waals surface area contributed by atoms with Crippen LogP contribution in [0.15, 0.2) is 29.4 Å². The molecule has 1 aromatic rings. The van der Waals surface area contributed by atoms with Crippen molar-refractivity contribution in [1.29, 1.82) is 0 Å². The van der Waals surface area contributed by atoms with E-state index in [2.05, 4.69) is 10.1 Å². The molecule has 2 heterocycles. The van der Waals surface area contributed by atoms with Crippen molar-refractivity contribution in [3.63, 3.8) is 0 Å². The molecular weight excluding hydrogens is 294 g/mol. The Bertz CT molecular complexity index is 631. The fraction of sp³-hybridized carbons (Fsp3) is 0.357. The summed E-state index contributed by atoms with van der Waals surface area (Å²) in [4.78, 5) is 16.1. The molecule has 21 heavy (non-hydrogen) atoms. The third kappa shape index (κ3) is 3.52. The van der Waals surface area contributed by atoms with Gasteiger partial charge in [-0.25, -0.2) is 14.5 Å². The van der Waals surface area contributed by atoms with Crippen LogP contribution in [-0.2, 0) is 4.74 Å². The Hall–Kier alpha value is -2.08. The number of halogens is 1.